The van der Waals surface area contributed by atoms with Crippen molar-refractivity contribution in [1.82, 2.24) is 0 Å². The number of ether oxygens (including phenoxy) is 1. The first-order valence-corrected chi connectivity index (χ1v) is 6.09. The molecule has 0 saturated carbocycles. The minimum absolute atomic E-state index is 0.352. The Kier molecular flexibility index (Phi) is 3.79. The summed E-state index contributed by atoms with van der Waals surface area (Å²) in [4.78, 5) is 12.9. The van der Waals surface area contributed by atoms with Gasteiger partial charge in [0, 0.05) is 31.5 Å². The molecule has 0 aromatic heterocycles. The predicted octanol–water partition coefficient (Wildman–Crippen LogP) is 2.42. The van der Waals surface area contributed by atoms with Crippen LogP contribution in [0.3, 0.4) is 0 Å². The van der Waals surface area contributed by atoms with Gasteiger partial charge in [-0.05, 0) is 43.5 Å². The van der Waals surface area contributed by atoms with Crippen LogP contribution in [0.25, 0.3) is 0 Å². The van der Waals surface area contributed by atoms with Gasteiger partial charge in [0.15, 0.2) is 0 Å². The number of likely N-dealkylation sites (N-methyl/N-ethyl adjacent to an activating group) is 1. The van der Waals surface area contributed by atoms with Crippen LogP contribution in [-0.4, -0.2) is 32.6 Å². The van der Waals surface area contributed by atoms with Gasteiger partial charge in [0.1, 0.15) is 6.29 Å². The van der Waals surface area contributed by atoms with Crippen LogP contribution in [0.5, 0.6) is 0 Å². The van der Waals surface area contributed by atoms with Crippen LogP contribution in [-0.2, 0) is 4.74 Å². The van der Waals surface area contributed by atoms with Crippen LogP contribution in [0.4, 0.5) is 5.69 Å². The largest absolute Gasteiger partial charge is 0.376 e. The summed E-state index contributed by atoms with van der Waals surface area (Å²) in [6.07, 6.45) is 3.55. The van der Waals surface area contributed by atoms with Gasteiger partial charge in [0.25, 0.3) is 0 Å². The Hall–Kier alpha value is -1.35. The van der Waals surface area contributed by atoms with E-state index in [0.29, 0.717) is 6.10 Å². The minimum Gasteiger partial charge on any atom is -0.376 e. The first-order chi connectivity index (χ1) is 8.20. The maximum Gasteiger partial charge on any atom is 0.150 e. The van der Waals surface area contributed by atoms with Crippen molar-refractivity contribution in [3.8, 4) is 0 Å². The maximum absolute atomic E-state index is 10.7. The molecule has 0 N–H and O–H groups in total. The average molecular weight is 233 g/mol. The number of nitrogens with zero attached hydrogens (tertiary/aromatic N) is 1. The van der Waals surface area contributed by atoms with E-state index in [4.69, 9.17) is 4.74 Å². The Labute approximate surface area is 102 Å². The number of carbonyl (C=O) groups excluding carboxylic acids is 1. The Morgan fingerprint density at radius 1 is 1.53 bits per heavy atom. The third-order valence-corrected chi connectivity index (χ3v) is 3.27. The number of carbonyl (C=O) groups is 1. The fourth-order valence-electron chi connectivity index (χ4n) is 2.37. The summed E-state index contributed by atoms with van der Waals surface area (Å²) < 4.78 is 5.63. The molecule has 3 nitrogen and oxygen atoms in total. The van der Waals surface area contributed by atoms with Crippen molar-refractivity contribution in [3.05, 3.63) is 29.3 Å². The Balaban J connectivity index is 2.07. The number of anilines is 1. The van der Waals surface area contributed by atoms with E-state index in [2.05, 4.69) is 11.9 Å². The summed E-state index contributed by atoms with van der Waals surface area (Å²) in [6.45, 7) is 3.84. The molecule has 1 aliphatic heterocycles. The fourth-order valence-corrected chi connectivity index (χ4v) is 2.37. The zero-order chi connectivity index (χ0) is 12.3. The van der Waals surface area contributed by atoms with Gasteiger partial charge < -0.3 is 9.64 Å². The first-order valence-electron chi connectivity index (χ1n) is 6.09. The summed E-state index contributed by atoms with van der Waals surface area (Å²) in [5.74, 6) is 0. The van der Waals surface area contributed by atoms with Crippen LogP contribution in [0.15, 0.2) is 18.2 Å². The predicted molar refractivity (Wildman–Crippen MR) is 68.8 cm³/mol. The molecule has 1 heterocycles. The van der Waals surface area contributed by atoms with Gasteiger partial charge in [-0.3, -0.25) is 4.79 Å². The number of rotatable bonds is 4. The lowest BCUT2D eigenvalue weighted by molar-refractivity contribution is 0.112. The molecule has 1 aromatic rings. The van der Waals surface area contributed by atoms with E-state index in [-0.39, 0.29) is 0 Å². The van der Waals surface area contributed by atoms with Gasteiger partial charge in [-0.1, -0.05) is 0 Å². The van der Waals surface area contributed by atoms with Crippen molar-refractivity contribution in [2.75, 3.05) is 25.1 Å². The number of aryl methyl sites for hydroxylation is 1. The summed E-state index contributed by atoms with van der Waals surface area (Å²) in [6, 6.07) is 5.80. The monoisotopic (exact) mass is 233 g/mol. The van der Waals surface area contributed by atoms with Crippen molar-refractivity contribution in [1.29, 1.82) is 0 Å². The second kappa shape index (κ2) is 5.32. The van der Waals surface area contributed by atoms with Crippen molar-refractivity contribution in [2.45, 2.75) is 25.9 Å². The summed E-state index contributed by atoms with van der Waals surface area (Å²) in [5.41, 5.74) is 3.04. The molecule has 1 aromatic carbocycles. The Bertz CT molecular complexity index is 397. The second-order valence-electron chi connectivity index (χ2n) is 4.68. The second-order valence-corrected chi connectivity index (χ2v) is 4.68. The van der Waals surface area contributed by atoms with Gasteiger partial charge in [-0.25, -0.2) is 0 Å². The molecule has 1 unspecified atom stereocenters. The first kappa shape index (κ1) is 12.1. The van der Waals surface area contributed by atoms with E-state index in [1.54, 1.807) is 0 Å². The molecule has 1 atom stereocenters. The van der Waals surface area contributed by atoms with Crippen LogP contribution in [0.2, 0.25) is 0 Å². The molecule has 3 heteroatoms. The average Bonchev–Trinajstić information content (AvgIpc) is 2.81. The van der Waals surface area contributed by atoms with Crippen LogP contribution in [0, 0.1) is 6.92 Å². The number of benzene rings is 1. The highest BCUT2D eigenvalue weighted by Crippen LogP contribution is 2.22. The minimum atomic E-state index is 0.352. The van der Waals surface area contributed by atoms with Gasteiger partial charge >= 0.3 is 0 Å². The van der Waals surface area contributed by atoms with E-state index >= 15 is 0 Å². The van der Waals surface area contributed by atoms with Crippen LogP contribution >= 0.6 is 0 Å². The number of hydrogen-bond donors (Lipinski definition) is 0. The molecule has 1 saturated heterocycles. The molecular formula is C14H19NO2. The quantitative estimate of drug-likeness (QED) is 0.748. The molecule has 0 bridgehead atoms. The lowest BCUT2D eigenvalue weighted by Crippen LogP contribution is -2.29. The highest BCUT2D eigenvalue weighted by atomic mass is 16.5. The van der Waals surface area contributed by atoms with Crippen LogP contribution in [0.1, 0.15) is 28.8 Å². The summed E-state index contributed by atoms with van der Waals surface area (Å²) in [5, 5.41) is 0. The Morgan fingerprint density at radius 3 is 2.94 bits per heavy atom. The van der Waals surface area contributed by atoms with Gasteiger partial charge in [0.05, 0.1) is 6.10 Å². The van der Waals surface area contributed by atoms with Crippen molar-refractivity contribution < 1.29 is 9.53 Å². The molecule has 0 amide bonds. The topological polar surface area (TPSA) is 29.5 Å². The number of aldehydes is 1. The lowest BCUT2D eigenvalue weighted by atomic mass is 10.1. The molecule has 0 aliphatic carbocycles. The summed E-state index contributed by atoms with van der Waals surface area (Å²) in [7, 11) is 2.07. The molecule has 92 valence electrons. The molecule has 1 aliphatic rings. The van der Waals surface area contributed by atoms with Crippen molar-refractivity contribution in [2.24, 2.45) is 0 Å². The third-order valence-electron chi connectivity index (χ3n) is 3.27. The summed E-state index contributed by atoms with van der Waals surface area (Å²) >= 11 is 0. The lowest BCUT2D eigenvalue weighted by Gasteiger charge is -2.24. The fraction of sp³-hybridized carbons (Fsp3) is 0.500. The van der Waals surface area contributed by atoms with Crippen LogP contribution < -0.4 is 4.90 Å². The third kappa shape index (κ3) is 2.86. The maximum atomic E-state index is 10.7. The van der Waals surface area contributed by atoms with E-state index in [0.717, 1.165) is 37.0 Å². The van der Waals surface area contributed by atoms with Gasteiger partial charge in [-0.15, -0.1) is 0 Å². The van der Waals surface area contributed by atoms with Crippen molar-refractivity contribution >= 4 is 12.0 Å². The molecule has 17 heavy (non-hydrogen) atoms. The van der Waals surface area contributed by atoms with E-state index in [1.807, 2.05) is 25.1 Å². The zero-order valence-corrected chi connectivity index (χ0v) is 10.5. The highest BCUT2D eigenvalue weighted by Gasteiger charge is 2.18. The van der Waals surface area contributed by atoms with E-state index in [9.17, 15) is 4.79 Å². The standard InChI is InChI=1S/C14H19NO2/c1-11-8-12(10-16)5-6-14(11)15(2)9-13-4-3-7-17-13/h5-6,8,10,13H,3-4,7,9H2,1-2H3. The van der Waals surface area contributed by atoms with Crippen molar-refractivity contribution in [3.63, 3.8) is 0 Å². The van der Waals surface area contributed by atoms with E-state index in [1.165, 1.54) is 12.1 Å². The molecule has 2 rings (SSSR count). The number of hydrogen-bond acceptors (Lipinski definition) is 3. The molecule has 0 radical (unpaired) electrons. The zero-order valence-electron chi connectivity index (χ0n) is 10.5. The Morgan fingerprint density at radius 2 is 2.35 bits per heavy atom. The SMILES string of the molecule is Cc1cc(C=O)ccc1N(C)CC1CCCO1. The molecule has 0 spiro atoms. The van der Waals surface area contributed by atoms with E-state index < -0.39 is 0 Å². The smallest absolute Gasteiger partial charge is 0.150 e. The molecular weight excluding hydrogens is 214 g/mol. The molecule has 1 fully saturated rings. The van der Waals surface area contributed by atoms with Gasteiger partial charge in [0.2, 0.25) is 0 Å². The highest BCUT2D eigenvalue weighted by molar-refractivity contribution is 5.76. The van der Waals surface area contributed by atoms with Gasteiger partial charge in [-0.2, -0.15) is 0 Å². The normalized spacial score (nSPS) is 19.3.